The van der Waals surface area contributed by atoms with Crippen molar-refractivity contribution in [3.63, 3.8) is 0 Å². The van der Waals surface area contributed by atoms with Gasteiger partial charge in [0.2, 0.25) is 0 Å². The topological polar surface area (TPSA) is 60.0 Å². The fourth-order valence-corrected chi connectivity index (χ4v) is 3.03. The number of rotatable bonds is 6. The molecule has 0 aliphatic carbocycles. The third-order valence-electron chi connectivity index (χ3n) is 3.75. The lowest BCUT2D eigenvalue weighted by Crippen LogP contribution is -2.34. The van der Waals surface area contributed by atoms with Crippen molar-refractivity contribution in [3.8, 4) is 0 Å². The first-order valence-electron chi connectivity index (χ1n) is 7.16. The number of aromatic amines is 1. The van der Waals surface area contributed by atoms with Crippen LogP contribution in [0.15, 0.2) is 36.5 Å². The second-order valence-corrected chi connectivity index (χ2v) is 6.80. The summed E-state index contributed by atoms with van der Waals surface area (Å²) in [6, 6.07) is 9.61. The number of alkyl halides is 2. The van der Waals surface area contributed by atoms with Crippen LogP contribution in [0.1, 0.15) is 24.1 Å². The molecule has 1 N–H and O–H groups in total. The second kappa shape index (κ2) is 6.54. The molecule has 0 amide bonds. The van der Waals surface area contributed by atoms with Crippen molar-refractivity contribution in [1.29, 1.82) is 0 Å². The highest BCUT2D eigenvalue weighted by Gasteiger charge is 2.40. The summed E-state index contributed by atoms with van der Waals surface area (Å²) < 4.78 is 10.7. The number of H-pyrrole nitrogens is 1. The van der Waals surface area contributed by atoms with Crippen LogP contribution in [0, 0.1) is 0 Å². The average molecular weight is 342 g/mol. The van der Waals surface area contributed by atoms with Gasteiger partial charge in [0.25, 0.3) is 0 Å². The molecular formula is C15H17Cl2N3O2. The maximum absolute atomic E-state index is 6.50. The van der Waals surface area contributed by atoms with Crippen LogP contribution in [-0.4, -0.2) is 34.4 Å². The summed E-state index contributed by atoms with van der Waals surface area (Å²) in [7, 11) is 0. The van der Waals surface area contributed by atoms with Gasteiger partial charge in [0.05, 0.1) is 18.9 Å². The molecule has 0 spiro atoms. The zero-order valence-electron chi connectivity index (χ0n) is 12.0. The third-order valence-corrected chi connectivity index (χ3v) is 4.56. The van der Waals surface area contributed by atoms with Crippen LogP contribution in [0.25, 0.3) is 0 Å². The molecule has 0 radical (unpaired) electrons. The Balaban J connectivity index is 1.69. The van der Waals surface area contributed by atoms with Gasteiger partial charge < -0.3 is 9.47 Å². The van der Waals surface area contributed by atoms with E-state index in [-0.39, 0.29) is 0 Å². The number of aromatic nitrogens is 3. The Bertz CT molecular complexity index is 584. The monoisotopic (exact) mass is 341 g/mol. The van der Waals surface area contributed by atoms with Gasteiger partial charge in [-0.15, -0.1) is 5.10 Å². The number of benzene rings is 1. The smallest absolute Gasteiger partial charge is 0.174 e. The van der Waals surface area contributed by atoms with E-state index < -0.39 is 10.1 Å². The van der Waals surface area contributed by atoms with Gasteiger partial charge in [-0.2, -0.15) is 0 Å². The highest BCUT2D eigenvalue weighted by atomic mass is 35.5. The van der Waals surface area contributed by atoms with E-state index in [1.54, 1.807) is 6.20 Å². The van der Waals surface area contributed by atoms with Gasteiger partial charge in [-0.05, 0) is 12.0 Å². The maximum atomic E-state index is 6.50. The third kappa shape index (κ3) is 3.60. The average Bonchev–Trinajstić information content (AvgIpc) is 3.19. The van der Waals surface area contributed by atoms with E-state index in [9.17, 15) is 0 Å². The first-order chi connectivity index (χ1) is 10.6. The Hall–Kier alpha value is -1.14. The molecule has 22 heavy (non-hydrogen) atoms. The molecule has 0 atom stereocenters. The molecule has 1 saturated heterocycles. The van der Waals surface area contributed by atoms with Crippen LogP contribution >= 0.6 is 23.2 Å². The molecule has 1 aliphatic heterocycles. The molecule has 2 heterocycles. The van der Waals surface area contributed by atoms with Crippen molar-refractivity contribution in [2.24, 2.45) is 0 Å². The minimum atomic E-state index is -0.979. The highest BCUT2D eigenvalue weighted by Crippen LogP contribution is 2.41. The largest absolute Gasteiger partial charge is 0.347 e. The number of ether oxygens (including phenoxy) is 2. The lowest BCUT2D eigenvalue weighted by Gasteiger charge is -2.30. The normalized spacial score (nSPS) is 17.7. The van der Waals surface area contributed by atoms with Crippen molar-refractivity contribution in [1.82, 2.24) is 15.4 Å². The minimum Gasteiger partial charge on any atom is -0.347 e. The van der Waals surface area contributed by atoms with Crippen LogP contribution in [0.3, 0.4) is 0 Å². The Morgan fingerprint density at radius 1 is 1.18 bits per heavy atom. The molecule has 0 bridgehead atoms. The lowest BCUT2D eigenvalue weighted by atomic mass is 10.00. The molecule has 0 unspecified atom stereocenters. The summed E-state index contributed by atoms with van der Waals surface area (Å²) in [6.07, 6.45) is 3.33. The molecule has 1 aliphatic rings. The van der Waals surface area contributed by atoms with Gasteiger partial charge in [-0.25, -0.2) is 0 Å². The first-order valence-corrected chi connectivity index (χ1v) is 7.92. The van der Waals surface area contributed by atoms with Crippen LogP contribution in [0.4, 0.5) is 0 Å². The van der Waals surface area contributed by atoms with E-state index in [1.165, 1.54) is 0 Å². The summed E-state index contributed by atoms with van der Waals surface area (Å²) in [5, 5.41) is 10.4. The van der Waals surface area contributed by atoms with Crippen molar-refractivity contribution < 1.29 is 9.47 Å². The fraction of sp³-hybridized carbons (Fsp3) is 0.467. The van der Waals surface area contributed by atoms with Crippen LogP contribution in [0.2, 0.25) is 0 Å². The number of nitrogens with one attached hydrogen (secondary N) is 1. The predicted molar refractivity (Wildman–Crippen MR) is 83.8 cm³/mol. The summed E-state index contributed by atoms with van der Waals surface area (Å²) in [5.41, 5.74) is 1.66. The first kappa shape index (κ1) is 15.7. The number of hydrogen-bond donors (Lipinski definition) is 1. The van der Waals surface area contributed by atoms with E-state index in [0.717, 1.165) is 11.3 Å². The number of halogens is 2. The Labute approximate surface area is 138 Å². The fourth-order valence-electron chi connectivity index (χ4n) is 2.59. The van der Waals surface area contributed by atoms with E-state index in [1.807, 2.05) is 30.3 Å². The van der Waals surface area contributed by atoms with Crippen LogP contribution < -0.4 is 0 Å². The van der Waals surface area contributed by atoms with Gasteiger partial charge in [-0.1, -0.05) is 58.7 Å². The van der Waals surface area contributed by atoms with Gasteiger partial charge in [0, 0.05) is 19.0 Å². The van der Waals surface area contributed by atoms with Gasteiger partial charge in [-0.3, -0.25) is 5.10 Å². The van der Waals surface area contributed by atoms with Gasteiger partial charge >= 0.3 is 0 Å². The van der Waals surface area contributed by atoms with E-state index in [4.69, 9.17) is 32.7 Å². The van der Waals surface area contributed by atoms with Crippen LogP contribution in [-0.2, 0) is 20.2 Å². The predicted octanol–water partition coefficient (Wildman–Crippen LogP) is 3.20. The molecule has 5 nitrogen and oxygen atoms in total. The molecule has 0 saturated carbocycles. The van der Waals surface area contributed by atoms with E-state index in [2.05, 4.69) is 15.4 Å². The van der Waals surface area contributed by atoms with Gasteiger partial charge in [0.15, 0.2) is 5.79 Å². The Morgan fingerprint density at radius 3 is 2.55 bits per heavy atom. The molecule has 1 aromatic carbocycles. The van der Waals surface area contributed by atoms with Crippen LogP contribution in [0.5, 0.6) is 0 Å². The minimum absolute atomic E-state index is 0.512. The zero-order chi connectivity index (χ0) is 15.5. The molecule has 2 aromatic rings. The van der Waals surface area contributed by atoms with Crippen molar-refractivity contribution in [3.05, 3.63) is 47.8 Å². The summed E-state index contributed by atoms with van der Waals surface area (Å²) >= 11 is 13.0. The SMILES string of the molecule is ClC(Cl)(CCC1(Cc2c[nH]nn2)OCCO1)c1ccccc1. The standard InChI is InChI=1S/C15H17Cl2N3O2/c16-15(17,12-4-2-1-3-5-12)7-6-14(21-8-9-22-14)10-13-11-18-20-19-13/h1-5,11H,6-10H2,(H,18,19,20). The lowest BCUT2D eigenvalue weighted by molar-refractivity contribution is -0.162. The summed E-state index contributed by atoms with van der Waals surface area (Å²) in [4.78, 5) is 0. The second-order valence-electron chi connectivity index (χ2n) is 5.32. The van der Waals surface area contributed by atoms with E-state index in [0.29, 0.717) is 32.5 Å². The maximum Gasteiger partial charge on any atom is 0.174 e. The Morgan fingerprint density at radius 2 is 1.91 bits per heavy atom. The summed E-state index contributed by atoms with van der Waals surface area (Å²) in [5.74, 6) is -0.735. The van der Waals surface area contributed by atoms with Gasteiger partial charge in [0.1, 0.15) is 4.33 Å². The quantitative estimate of drug-likeness (QED) is 0.819. The van der Waals surface area contributed by atoms with Crippen molar-refractivity contribution >= 4 is 23.2 Å². The molecule has 7 heteroatoms. The Kier molecular flexibility index (Phi) is 4.68. The number of hydrogen-bond acceptors (Lipinski definition) is 4. The molecule has 3 rings (SSSR count). The molecule has 1 fully saturated rings. The highest BCUT2D eigenvalue weighted by molar-refractivity contribution is 6.48. The van der Waals surface area contributed by atoms with Crippen molar-refractivity contribution in [2.45, 2.75) is 29.4 Å². The molecule has 1 aromatic heterocycles. The number of nitrogens with zero attached hydrogens (tertiary/aromatic N) is 2. The molecular weight excluding hydrogens is 325 g/mol. The summed E-state index contributed by atoms with van der Waals surface area (Å²) in [6.45, 7) is 1.11. The van der Waals surface area contributed by atoms with E-state index >= 15 is 0 Å². The molecule has 118 valence electrons. The zero-order valence-corrected chi connectivity index (χ0v) is 13.5. The van der Waals surface area contributed by atoms with Crippen molar-refractivity contribution in [2.75, 3.05) is 13.2 Å².